The molecule has 0 unspecified atom stereocenters. The number of hydrogen-bond donors (Lipinski definition) is 1. The maximum atomic E-state index is 11.8. The highest BCUT2D eigenvalue weighted by molar-refractivity contribution is 5.59. The Labute approximate surface area is 303 Å². The van der Waals surface area contributed by atoms with E-state index in [4.69, 9.17) is 18.9 Å². The van der Waals surface area contributed by atoms with Crippen molar-refractivity contribution in [2.45, 2.75) is 175 Å². The van der Waals surface area contributed by atoms with Gasteiger partial charge in [-0.15, -0.1) is 0 Å². The van der Waals surface area contributed by atoms with Crippen molar-refractivity contribution < 1.29 is 28.8 Å². The number of unbranched alkanes of at least 4 members (excludes halogenated alkanes) is 14. The minimum Gasteiger partial charge on any atom is -0.434 e. The minimum absolute atomic E-state index is 0.0779. The zero-order valence-electron chi connectivity index (χ0n) is 32.4. The van der Waals surface area contributed by atoms with Gasteiger partial charge in [-0.3, -0.25) is 0 Å². The Morgan fingerprint density at radius 2 is 1.00 bits per heavy atom. The zero-order valence-corrected chi connectivity index (χ0v) is 32.4. The number of nitrogens with zero attached hydrogens (tertiary/aromatic N) is 1. The lowest BCUT2D eigenvalue weighted by Gasteiger charge is -2.21. The first-order valence-electron chi connectivity index (χ1n) is 20.5. The molecule has 0 aliphatic carbocycles. The molecule has 0 fully saturated rings. The molecule has 0 radical (unpaired) electrons. The van der Waals surface area contributed by atoms with Crippen molar-refractivity contribution in [2.75, 3.05) is 52.7 Å². The Balaban J connectivity index is 4.00. The molecular formula is C42H79NO6. The zero-order chi connectivity index (χ0) is 35.7. The first-order valence-corrected chi connectivity index (χ1v) is 20.5. The highest BCUT2D eigenvalue weighted by Crippen LogP contribution is 2.14. The smallest absolute Gasteiger partial charge is 0.434 e. The van der Waals surface area contributed by atoms with Gasteiger partial charge in [-0.1, -0.05) is 89.3 Å². The van der Waals surface area contributed by atoms with Crippen molar-refractivity contribution in [3.63, 3.8) is 0 Å². The van der Waals surface area contributed by atoms with Crippen LogP contribution in [0.1, 0.15) is 168 Å². The van der Waals surface area contributed by atoms with Crippen LogP contribution in [-0.4, -0.2) is 75.1 Å². The highest BCUT2D eigenvalue weighted by atomic mass is 16.7. The van der Waals surface area contributed by atoms with E-state index in [1.807, 2.05) is 0 Å². The summed E-state index contributed by atoms with van der Waals surface area (Å²) >= 11 is 0. The van der Waals surface area contributed by atoms with Crippen LogP contribution in [0.4, 0.5) is 4.79 Å². The van der Waals surface area contributed by atoms with Gasteiger partial charge in [0.1, 0.15) is 0 Å². The molecule has 49 heavy (non-hydrogen) atoms. The third-order valence-corrected chi connectivity index (χ3v) is 8.49. The predicted octanol–water partition coefficient (Wildman–Crippen LogP) is 11.5. The van der Waals surface area contributed by atoms with Crippen molar-refractivity contribution in [1.82, 2.24) is 4.90 Å². The van der Waals surface area contributed by atoms with Gasteiger partial charge >= 0.3 is 6.16 Å². The Kier molecular flexibility index (Phi) is 39.4. The topological polar surface area (TPSA) is 77.5 Å². The van der Waals surface area contributed by atoms with Gasteiger partial charge in [-0.2, -0.15) is 0 Å². The molecule has 0 rings (SSSR count). The second-order valence-corrected chi connectivity index (χ2v) is 13.2. The summed E-state index contributed by atoms with van der Waals surface area (Å²) in [4.78, 5) is 14.2. The average Bonchev–Trinajstić information content (AvgIpc) is 3.10. The van der Waals surface area contributed by atoms with E-state index in [-0.39, 0.29) is 12.9 Å². The average molecular weight is 694 g/mol. The van der Waals surface area contributed by atoms with Gasteiger partial charge < -0.3 is 29.0 Å². The Bertz CT molecular complexity index is 731. The summed E-state index contributed by atoms with van der Waals surface area (Å²) in [5.74, 6) is 0. The molecule has 0 spiro atoms. The van der Waals surface area contributed by atoms with Gasteiger partial charge in [0, 0.05) is 19.8 Å². The SMILES string of the molecule is CC/C=C\CCCCOC(CCCCCCCN(CCO)CCCCCOC(=O)OCCC/C=C\CCCCC)OCCCC/C=C\CC. The summed E-state index contributed by atoms with van der Waals surface area (Å²) in [5, 5.41) is 9.53. The lowest BCUT2D eigenvalue weighted by atomic mass is 10.1. The maximum Gasteiger partial charge on any atom is 0.508 e. The Hall–Kier alpha value is -1.67. The Morgan fingerprint density at radius 3 is 1.57 bits per heavy atom. The monoisotopic (exact) mass is 694 g/mol. The molecule has 0 bridgehead atoms. The van der Waals surface area contributed by atoms with Crippen LogP contribution < -0.4 is 0 Å². The van der Waals surface area contributed by atoms with Gasteiger partial charge in [0.2, 0.25) is 0 Å². The molecule has 7 heteroatoms. The maximum absolute atomic E-state index is 11.8. The van der Waals surface area contributed by atoms with Crippen LogP contribution in [-0.2, 0) is 18.9 Å². The molecule has 0 aromatic heterocycles. The van der Waals surface area contributed by atoms with Crippen molar-refractivity contribution in [2.24, 2.45) is 0 Å². The molecule has 0 aliphatic rings. The van der Waals surface area contributed by atoms with Crippen LogP contribution in [0.15, 0.2) is 36.5 Å². The molecular weight excluding hydrogens is 614 g/mol. The molecule has 0 heterocycles. The molecule has 0 aromatic carbocycles. The van der Waals surface area contributed by atoms with E-state index in [0.29, 0.717) is 13.2 Å². The van der Waals surface area contributed by atoms with E-state index in [2.05, 4.69) is 62.1 Å². The molecule has 1 N–H and O–H groups in total. The lowest BCUT2D eigenvalue weighted by molar-refractivity contribution is -0.147. The normalized spacial score (nSPS) is 12.1. The molecule has 0 saturated heterocycles. The fraction of sp³-hybridized carbons (Fsp3) is 0.833. The quantitative estimate of drug-likeness (QED) is 0.0298. The van der Waals surface area contributed by atoms with Crippen LogP contribution >= 0.6 is 0 Å². The van der Waals surface area contributed by atoms with Gasteiger partial charge in [0.05, 0.1) is 19.8 Å². The largest absolute Gasteiger partial charge is 0.508 e. The number of allylic oxidation sites excluding steroid dienone is 6. The summed E-state index contributed by atoms with van der Waals surface area (Å²) in [5.41, 5.74) is 0. The number of rotatable bonds is 38. The van der Waals surface area contributed by atoms with E-state index < -0.39 is 6.16 Å². The lowest BCUT2D eigenvalue weighted by Crippen LogP contribution is -2.29. The predicted molar refractivity (Wildman–Crippen MR) is 207 cm³/mol. The summed E-state index contributed by atoms with van der Waals surface area (Å²) in [6.07, 6.45) is 38.2. The minimum atomic E-state index is -0.554. The van der Waals surface area contributed by atoms with Gasteiger partial charge in [-0.25, -0.2) is 4.79 Å². The van der Waals surface area contributed by atoms with Gasteiger partial charge in [0.15, 0.2) is 6.29 Å². The number of ether oxygens (including phenoxy) is 4. The summed E-state index contributed by atoms with van der Waals surface area (Å²) in [6, 6.07) is 0. The second kappa shape index (κ2) is 40.8. The molecule has 288 valence electrons. The van der Waals surface area contributed by atoms with E-state index in [1.165, 1.54) is 51.4 Å². The third-order valence-electron chi connectivity index (χ3n) is 8.49. The molecule has 0 aromatic rings. The van der Waals surface area contributed by atoms with Crippen LogP contribution in [0.3, 0.4) is 0 Å². The van der Waals surface area contributed by atoms with Gasteiger partial charge in [0.25, 0.3) is 0 Å². The fourth-order valence-electron chi connectivity index (χ4n) is 5.51. The standard InChI is InChI=1S/C42H79NO6/c1-4-7-10-13-16-17-23-30-39-48-42(45)49-40-31-24-27-34-43(35-36-44)33-26-20-18-19-25-32-41(46-37-28-21-14-11-8-5-2)47-38-29-22-15-12-9-6-3/h8-9,11-12,16-17,41,44H,4-7,10,13-15,18-40H2,1-3H3/b11-8-,12-9-,17-16-. The second-order valence-electron chi connectivity index (χ2n) is 13.2. The van der Waals surface area contributed by atoms with Gasteiger partial charge in [-0.05, 0) is 129 Å². The molecule has 0 saturated carbocycles. The molecule has 0 amide bonds. The molecule has 0 atom stereocenters. The van der Waals surface area contributed by atoms with E-state index in [0.717, 1.165) is 129 Å². The van der Waals surface area contributed by atoms with Crippen molar-refractivity contribution in [3.05, 3.63) is 36.5 Å². The fourth-order valence-corrected chi connectivity index (χ4v) is 5.51. The third kappa shape index (κ3) is 37.4. The first-order chi connectivity index (χ1) is 24.2. The number of carbonyl (C=O) groups excluding carboxylic acids is 1. The van der Waals surface area contributed by atoms with Crippen LogP contribution in [0, 0.1) is 0 Å². The van der Waals surface area contributed by atoms with Crippen molar-refractivity contribution in [3.8, 4) is 0 Å². The number of aliphatic hydroxyl groups is 1. The van der Waals surface area contributed by atoms with E-state index >= 15 is 0 Å². The number of hydrogen-bond acceptors (Lipinski definition) is 7. The highest BCUT2D eigenvalue weighted by Gasteiger charge is 2.10. The number of carbonyl (C=O) groups is 1. The Morgan fingerprint density at radius 1 is 0.531 bits per heavy atom. The summed E-state index contributed by atoms with van der Waals surface area (Å²) in [7, 11) is 0. The number of aliphatic hydroxyl groups excluding tert-OH is 1. The van der Waals surface area contributed by atoms with Crippen molar-refractivity contribution in [1.29, 1.82) is 0 Å². The van der Waals surface area contributed by atoms with E-state index in [1.54, 1.807) is 0 Å². The van der Waals surface area contributed by atoms with Crippen molar-refractivity contribution >= 4 is 6.16 Å². The first kappa shape index (κ1) is 47.3. The molecule has 0 aliphatic heterocycles. The summed E-state index contributed by atoms with van der Waals surface area (Å²) in [6.45, 7) is 11.8. The van der Waals surface area contributed by atoms with Crippen LogP contribution in [0.5, 0.6) is 0 Å². The molecule has 7 nitrogen and oxygen atoms in total. The summed E-state index contributed by atoms with van der Waals surface area (Å²) < 4.78 is 22.7. The van der Waals surface area contributed by atoms with Crippen LogP contribution in [0.2, 0.25) is 0 Å². The van der Waals surface area contributed by atoms with Crippen LogP contribution in [0.25, 0.3) is 0 Å². The van der Waals surface area contributed by atoms with E-state index in [9.17, 15) is 9.90 Å².